The van der Waals surface area contributed by atoms with Gasteiger partial charge in [0.2, 0.25) is 0 Å². The highest BCUT2D eigenvalue weighted by molar-refractivity contribution is 5.86. The molecule has 0 aromatic carbocycles. The van der Waals surface area contributed by atoms with Gasteiger partial charge in [-0.3, -0.25) is 9.48 Å². The molecular weight excluding hydrogens is 250 g/mol. The van der Waals surface area contributed by atoms with Crippen molar-refractivity contribution >= 4 is 5.78 Å². The van der Waals surface area contributed by atoms with Gasteiger partial charge in [0, 0.05) is 24.1 Å². The molecule has 2 heterocycles. The third-order valence-corrected chi connectivity index (χ3v) is 4.75. The van der Waals surface area contributed by atoms with Gasteiger partial charge in [-0.25, -0.2) is 0 Å². The molecule has 4 nitrogen and oxygen atoms in total. The van der Waals surface area contributed by atoms with Gasteiger partial charge in [-0.05, 0) is 51.8 Å². The predicted molar refractivity (Wildman–Crippen MR) is 80.8 cm³/mol. The monoisotopic (exact) mass is 277 g/mol. The topological polar surface area (TPSA) is 46.9 Å². The molecule has 1 fully saturated rings. The van der Waals surface area contributed by atoms with E-state index in [-0.39, 0.29) is 5.41 Å². The largest absolute Gasteiger partial charge is 0.317 e. The number of aryl methyl sites for hydroxylation is 2. The molecule has 0 radical (unpaired) electrons. The zero-order chi connectivity index (χ0) is 14.6. The smallest absolute Gasteiger partial charge is 0.145 e. The summed E-state index contributed by atoms with van der Waals surface area (Å²) in [5.41, 5.74) is 2.06. The van der Waals surface area contributed by atoms with Crippen molar-refractivity contribution in [2.75, 3.05) is 13.1 Å². The van der Waals surface area contributed by atoms with E-state index in [0.29, 0.717) is 12.2 Å². The molecule has 1 aliphatic heterocycles. The summed E-state index contributed by atoms with van der Waals surface area (Å²) in [6, 6.07) is 2.10. The van der Waals surface area contributed by atoms with Crippen molar-refractivity contribution in [2.24, 2.45) is 5.41 Å². The van der Waals surface area contributed by atoms with Crippen molar-refractivity contribution in [1.82, 2.24) is 15.1 Å². The number of piperidine rings is 1. The van der Waals surface area contributed by atoms with Gasteiger partial charge in [0.25, 0.3) is 0 Å². The Labute approximate surface area is 121 Å². The molecule has 0 unspecified atom stereocenters. The van der Waals surface area contributed by atoms with E-state index in [1.807, 2.05) is 4.68 Å². The lowest BCUT2D eigenvalue weighted by Crippen LogP contribution is -2.42. The van der Waals surface area contributed by atoms with E-state index in [4.69, 9.17) is 0 Å². The molecular formula is C16H27N3O. The third-order valence-electron chi connectivity index (χ3n) is 4.75. The number of nitrogens with zero attached hydrogens (tertiary/aromatic N) is 2. The highest BCUT2D eigenvalue weighted by Gasteiger charge is 2.37. The van der Waals surface area contributed by atoms with E-state index in [1.54, 1.807) is 0 Å². The van der Waals surface area contributed by atoms with Crippen LogP contribution in [0, 0.1) is 5.41 Å². The van der Waals surface area contributed by atoms with Gasteiger partial charge in [0.05, 0.1) is 5.69 Å². The zero-order valence-corrected chi connectivity index (χ0v) is 13.0. The molecule has 0 atom stereocenters. The van der Waals surface area contributed by atoms with Gasteiger partial charge in [0.1, 0.15) is 5.78 Å². The van der Waals surface area contributed by atoms with Crippen LogP contribution in [0.2, 0.25) is 0 Å². The van der Waals surface area contributed by atoms with E-state index in [2.05, 4.69) is 37.3 Å². The minimum atomic E-state index is -0.111. The number of hydrogen-bond donors (Lipinski definition) is 1. The molecule has 20 heavy (non-hydrogen) atoms. The maximum atomic E-state index is 12.8. The fraction of sp³-hybridized carbons (Fsp3) is 0.750. The van der Waals surface area contributed by atoms with Crippen LogP contribution in [0.25, 0.3) is 0 Å². The second-order valence-corrected chi connectivity index (χ2v) is 5.78. The first-order valence-electron chi connectivity index (χ1n) is 7.94. The fourth-order valence-electron chi connectivity index (χ4n) is 3.19. The Morgan fingerprint density at radius 2 is 2.05 bits per heavy atom. The Morgan fingerprint density at radius 1 is 1.35 bits per heavy atom. The summed E-state index contributed by atoms with van der Waals surface area (Å²) in [6.07, 6.45) is 4.37. The van der Waals surface area contributed by atoms with Crippen molar-refractivity contribution in [2.45, 2.75) is 59.4 Å². The van der Waals surface area contributed by atoms with Crippen LogP contribution in [0.4, 0.5) is 0 Å². The fourth-order valence-corrected chi connectivity index (χ4v) is 3.19. The minimum absolute atomic E-state index is 0.111. The average Bonchev–Trinajstić information content (AvgIpc) is 2.90. The SMILES string of the molecule is CCc1cc(CC(=O)C2(CC)CCNCC2)n(CC)n1. The number of aromatic nitrogens is 2. The number of ketones is 1. The van der Waals surface area contributed by atoms with Gasteiger partial charge in [-0.2, -0.15) is 5.10 Å². The van der Waals surface area contributed by atoms with Crippen LogP contribution in [0.5, 0.6) is 0 Å². The van der Waals surface area contributed by atoms with E-state index in [0.717, 1.165) is 56.7 Å². The number of nitrogens with one attached hydrogen (secondary N) is 1. The van der Waals surface area contributed by atoms with Crippen LogP contribution in [-0.4, -0.2) is 28.7 Å². The Balaban J connectivity index is 2.15. The molecule has 0 bridgehead atoms. The summed E-state index contributed by atoms with van der Waals surface area (Å²) in [6.45, 7) is 9.11. The number of Topliss-reactive ketones (excluding diaryl/α,β-unsaturated/α-hetero) is 1. The standard InChI is InChI=1S/C16H27N3O/c1-4-13-11-14(19(6-3)18-13)12-15(20)16(5-2)7-9-17-10-8-16/h11,17H,4-10,12H2,1-3H3. The first-order chi connectivity index (χ1) is 9.65. The summed E-state index contributed by atoms with van der Waals surface area (Å²) in [7, 11) is 0. The first kappa shape index (κ1) is 15.2. The van der Waals surface area contributed by atoms with E-state index >= 15 is 0 Å². The van der Waals surface area contributed by atoms with Crippen LogP contribution in [0.1, 0.15) is 51.4 Å². The van der Waals surface area contributed by atoms with Crippen LogP contribution in [0.3, 0.4) is 0 Å². The predicted octanol–water partition coefficient (Wildman–Crippen LogP) is 2.36. The Hall–Kier alpha value is -1.16. The molecule has 0 aliphatic carbocycles. The molecule has 0 saturated carbocycles. The molecule has 1 saturated heterocycles. The highest BCUT2D eigenvalue weighted by atomic mass is 16.1. The summed E-state index contributed by atoms with van der Waals surface area (Å²) in [5, 5.41) is 7.90. The van der Waals surface area contributed by atoms with Gasteiger partial charge >= 0.3 is 0 Å². The number of carbonyl (C=O) groups is 1. The van der Waals surface area contributed by atoms with Crippen molar-refractivity contribution in [1.29, 1.82) is 0 Å². The van der Waals surface area contributed by atoms with Crippen molar-refractivity contribution in [3.05, 3.63) is 17.5 Å². The van der Waals surface area contributed by atoms with E-state index in [1.165, 1.54) is 0 Å². The molecule has 1 N–H and O–H groups in total. The summed E-state index contributed by atoms with van der Waals surface area (Å²) in [4.78, 5) is 12.8. The van der Waals surface area contributed by atoms with Crippen LogP contribution in [-0.2, 0) is 24.2 Å². The van der Waals surface area contributed by atoms with Crippen molar-refractivity contribution in [3.8, 4) is 0 Å². The summed E-state index contributed by atoms with van der Waals surface area (Å²) in [5.74, 6) is 0.402. The molecule has 2 rings (SSSR count). The highest BCUT2D eigenvalue weighted by Crippen LogP contribution is 2.34. The lowest BCUT2D eigenvalue weighted by Gasteiger charge is -2.35. The summed E-state index contributed by atoms with van der Waals surface area (Å²) < 4.78 is 1.99. The second-order valence-electron chi connectivity index (χ2n) is 5.78. The molecule has 112 valence electrons. The lowest BCUT2D eigenvalue weighted by atomic mass is 9.72. The number of rotatable bonds is 6. The zero-order valence-electron chi connectivity index (χ0n) is 13.0. The van der Waals surface area contributed by atoms with E-state index in [9.17, 15) is 4.79 Å². The number of hydrogen-bond acceptors (Lipinski definition) is 3. The Morgan fingerprint density at radius 3 is 2.60 bits per heavy atom. The molecule has 1 aromatic rings. The first-order valence-corrected chi connectivity index (χ1v) is 7.94. The minimum Gasteiger partial charge on any atom is -0.317 e. The maximum Gasteiger partial charge on any atom is 0.145 e. The van der Waals surface area contributed by atoms with Gasteiger partial charge < -0.3 is 5.32 Å². The molecule has 0 spiro atoms. The van der Waals surface area contributed by atoms with Crippen molar-refractivity contribution < 1.29 is 4.79 Å². The average molecular weight is 277 g/mol. The Bertz CT molecular complexity index is 458. The molecule has 1 aromatic heterocycles. The molecule has 0 amide bonds. The maximum absolute atomic E-state index is 12.8. The van der Waals surface area contributed by atoms with Crippen LogP contribution >= 0.6 is 0 Å². The molecule has 1 aliphatic rings. The van der Waals surface area contributed by atoms with Crippen molar-refractivity contribution in [3.63, 3.8) is 0 Å². The Kier molecular flexibility index (Phi) is 4.97. The lowest BCUT2D eigenvalue weighted by molar-refractivity contribution is -0.130. The molecule has 4 heteroatoms. The van der Waals surface area contributed by atoms with Crippen LogP contribution in [0.15, 0.2) is 6.07 Å². The number of carbonyl (C=O) groups excluding carboxylic acids is 1. The van der Waals surface area contributed by atoms with Gasteiger partial charge in [-0.1, -0.05) is 13.8 Å². The normalized spacial score (nSPS) is 18.1. The van der Waals surface area contributed by atoms with E-state index < -0.39 is 0 Å². The van der Waals surface area contributed by atoms with Crippen LogP contribution < -0.4 is 5.32 Å². The quantitative estimate of drug-likeness (QED) is 0.868. The third kappa shape index (κ3) is 2.95. The second kappa shape index (κ2) is 6.53. The summed E-state index contributed by atoms with van der Waals surface area (Å²) >= 11 is 0. The van der Waals surface area contributed by atoms with Gasteiger partial charge in [0.15, 0.2) is 0 Å². The van der Waals surface area contributed by atoms with Gasteiger partial charge in [-0.15, -0.1) is 0 Å².